The fourth-order valence-corrected chi connectivity index (χ4v) is 1.29. The summed E-state index contributed by atoms with van der Waals surface area (Å²) in [5, 5.41) is 0. The van der Waals surface area contributed by atoms with Gasteiger partial charge in [0.1, 0.15) is 5.52 Å². The Morgan fingerprint density at radius 2 is 2.42 bits per heavy atom. The summed E-state index contributed by atoms with van der Waals surface area (Å²) >= 11 is 0. The van der Waals surface area contributed by atoms with Crippen LogP contribution in [0.3, 0.4) is 0 Å². The lowest BCUT2D eigenvalue weighted by molar-refractivity contribution is 0.791. The van der Waals surface area contributed by atoms with Gasteiger partial charge in [-0.15, -0.1) is 0 Å². The van der Waals surface area contributed by atoms with Crippen LogP contribution in [0.2, 0.25) is 0 Å². The van der Waals surface area contributed by atoms with Crippen molar-refractivity contribution in [2.24, 2.45) is 0 Å². The summed E-state index contributed by atoms with van der Waals surface area (Å²) in [5.41, 5.74) is 7.39. The maximum absolute atomic E-state index is 5.68. The van der Waals surface area contributed by atoms with Crippen LogP contribution in [-0.4, -0.2) is 14.5 Å². The monoisotopic (exact) mass is 162 g/mol. The van der Waals surface area contributed by atoms with E-state index in [-0.39, 0.29) is 0 Å². The molecule has 0 aliphatic heterocycles. The highest BCUT2D eigenvalue weighted by atomic mass is 15.2. The number of nitrogens with zero attached hydrogens (tertiary/aromatic N) is 3. The molecule has 0 amide bonds. The number of hydrogen-bond donors (Lipinski definition) is 1. The van der Waals surface area contributed by atoms with Crippen molar-refractivity contribution in [3.63, 3.8) is 0 Å². The van der Waals surface area contributed by atoms with Crippen molar-refractivity contribution in [3.05, 3.63) is 18.3 Å². The fraction of sp³-hybridized carbons (Fsp3) is 0.250. The minimum Gasteiger partial charge on any atom is -0.369 e. The Balaban J connectivity index is 2.81. The summed E-state index contributed by atoms with van der Waals surface area (Å²) in [7, 11) is 0. The van der Waals surface area contributed by atoms with Gasteiger partial charge in [-0.3, -0.25) is 4.57 Å². The van der Waals surface area contributed by atoms with Gasteiger partial charge >= 0.3 is 0 Å². The molecule has 0 bridgehead atoms. The molecule has 4 nitrogen and oxygen atoms in total. The maximum atomic E-state index is 5.68. The summed E-state index contributed by atoms with van der Waals surface area (Å²) in [5.74, 6) is 0.534. The molecule has 0 saturated carbocycles. The van der Waals surface area contributed by atoms with E-state index in [1.165, 1.54) is 0 Å². The molecule has 0 unspecified atom stereocenters. The lowest BCUT2D eigenvalue weighted by Gasteiger charge is -1.98. The average Bonchev–Trinajstić information content (AvgIpc) is 2.40. The fourth-order valence-electron chi connectivity index (χ4n) is 1.29. The van der Waals surface area contributed by atoms with Crippen LogP contribution in [0.25, 0.3) is 11.2 Å². The number of pyridine rings is 1. The molecule has 0 spiro atoms. The lowest BCUT2D eigenvalue weighted by Crippen LogP contribution is -2.01. The van der Waals surface area contributed by atoms with Gasteiger partial charge in [-0.25, -0.2) is 9.97 Å². The number of hydrogen-bond acceptors (Lipinski definition) is 3. The van der Waals surface area contributed by atoms with Crippen molar-refractivity contribution < 1.29 is 0 Å². The van der Waals surface area contributed by atoms with Gasteiger partial charge in [-0.1, -0.05) is 0 Å². The third-order valence-electron chi connectivity index (χ3n) is 1.85. The van der Waals surface area contributed by atoms with Gasteiger partial charge in [0.25, 0.3) is 0 Å². The minimum atomic E-state index is 0.534. The molecule has 4 heteroatoms. The third-order valence-corrected chi connectivity index (χ3v) is 1.85. The zero-order chi connectivity index (χ0) is 8.55. The first-order valence-corrected chi connectivity index (χ1v) is 3.89. The first-order valence-electron chi connectivity index (χ1n) is 3.89. The summed E-state index contributed by atoms with van der Waals surface area (Å²) < 4.78 is 1.88. The summed E-state index contributed by atoms with van der Waals surface area (Å²) in [6.07, 6.45) is 1.75. The first kappa shape index (κ1) is 7.09. The van der Waals surface area contributed by atoms with E-state index in [2.05, 4.69) is 9.97 Å². The Hall–Kier alpha value is -1.58. The molecule has 12 heavy (non-hydrogen) atoms. The standard InChI is InChI=1S/C8H10N4/c1-2-12-7-6(11-8(12)9)4-3-5-10-7/h3-5H,2H2,1H3,(H2,9,11). The van der Waals surface area contributed by atoms with E-state index in [9.17, 15) is 0 Å². The summed E-state index contributed by atoms with van der Waals surface area (Å²) in [4.78, 5) is 8.36. The van der Waals surface area contributed by atoms with Crippen LogP contribution in [0.5, 0.6) is 0 Å². The predicted molar refractivity (Wildman–Crippen MR) is 47.6 cm³/mol. The van der Waals surface area contributed by atoms with Crippen LogP contribution in [0, 0.1) is 0 Å². The molecule has 2 heterocycles. The van der Waals surface area contributed by atoms with Gasteiger partial charge in [-0.2, -0.15) is 0 Å². The van der Waals surface area contributed by atoms with E-state index in [1.807, 2.05) is 23.6 Å². The number of aromatic nitrogens is 3. The zero-order valence-corrected chi connectivity index (χ0v) is 6.86. The van der Waals surface area contributed by atoms with Crippen LogP contribution in [0.1, 0.15) is 6.92 Å². The van der Waals surface area contributed by atoms with Gasteiger partial charge in [0, 0.05) is 12.7 Å². The van der Waals surface area contributed by atoms with E-state index >= 15 is 0 Å². The highest BCUT2D eigenvalue weighted by Gasteiger charge is 2.05. The Morgan fingerprint density at radius 1 is 1.58 bits per heavy atom. The quantitative estimate of drug-likeness (QED) is 0.681. The van der Waals surface area contributed by atoms with Crippen molar-refractivity contribution in [3.8, 4) is 0 Å². The predicted octanol–water partition coefficient (Wildman–Crippen LogP) is 1.03. The van der Waals surface area contributed by atoms with Crippen molar-refractivity contribution in [2.75, 3.05) is 5.73 Å². The Morgan fingerprint density at radius 3 is 3.17 bits per heavy atom. The second-order valence-corrected chi connectivity index (χ2v) is 2.56. The van der Waals surface area contributed by atoms with Gasteiger partial charge in [0.15, 0.2) is 5.65 Å². The zero-order valence-electron chi connectivity index (χ0n) is 6.86. The second kappa shape index (κ2) is 2.48. The van der Waals surface area contributed by atoms with Crippen LogP contribution in [0.4, 0.5) is 5.95 Å². The third kappa shape index (κ3) is 0.845. The molecule has 2 rings (SSSR count). The molecule has 0 radical (unpaired) electrons. The molecular weight excluding hydrogens is 152 g/mol. The molecule has 2 aromatic heterocycles. The highest BCUT2D eigenvalue weighted by molar-refractivity contribution is 5.73. The average molecular weight is 162 g/mol. The van der Waals surface area contributed by atoms with Crippen molar-refractivity contribution >= 4 is 17.1 Å². The van der Waals surface area contributed by atoms with Crippen LogP contribution in [-0.2, 0) is 6.54 Å². The molecule has 2 aromatic rings. The Bertz CT molecular complexity index is 404. The number of anilines is 1. The molecule has 0 atom stereocenters. The molecule has 0 aliphatic rings. The highest BCUT2D eigenvalue weighted by Crippen LogP contribution is 2.13. The number of nitrogens with two attached hydrogens (primary N) is 1. The number of rotatable bonds is 1. The van der Waals surface area contributed by atoms with E-state index in [0.717, 1.165) is 17.7 Å². The summed E-state index contributed by atoms with van der Waals surface area (Å²) in [6.45, 7) is 2.82. The number of nitrogen functional groups attached to an aromatic ring is 1. The maximum Gasteiger partial charge on any atom is 0.202 e. The van der Waals surface area contributed by atoms with Crippen LogP contribution in [0.15, 0.2) is 18.3 Å². The topological polar surface area (TPSA) is 56.7 Å². The van der Waals surface area contributed by atoms with Crippen LogP contribution >= 0.6 is 0 Å². The van der Waals surface area contributed by atoms with Gasteiger partial charge in [-0.05, 0) is 19.1 Å². The first-order chi connectivity index (χ1) is 5.83. The smallest absolute Gasteiger partial charge is 0.202 e. The van der Waals surface area contributed by atoms with E-state index < -0.39 is 0 Å². The molecule has 0 fully saturated rings. The van der Waals surface area contributed by atoms with Gasteiger partial charge < -0.3 is 5.73 Å². The minimum absolute atomic E-state index is 0.534. The van der Waals surface area contributed by atoms with Gasteiger partial charge in [0.2, 0.25) is 5.95 Å². The molecule has 0 saturated heterocycles. The SMILES string of the molecule is CCn1c(N)nc2cccnc21. The second-order valence-electron chi connectivity index (χ2n) is 2.56. The number of fused-ring (bicyclic) bond motifs is 1. The largest absolute Gasteiger partial charge is 0.369 e. The van der Waals surface area contributed by atoms with Gasteiger partial charge in [0.05, 0.1) is 0 Å². The Labute approximate surface area is 70.0 Å². The lowest BCUT2D eigenvalue weighted by atomic mass is 10.4. The van der Waals surface area contributed by atoms with E-state index in [1.54, 1.807) is 6.20 Å². The van der Waals surface area contributed by atoms with E-state index in [4.69, 9.17) is 5.73 Å². The Kier molecular flexibility index (Phi) is 1.46. The normalized spacial score (nSPS) is 10.8. The summed E-state index contributed by atoms with van der Waals surface area (Å²) in [6, 6.07) is 3.76. The molecular formula is C8H10N4. The van der Waals surface area contributed by atoms with Crippen molar-refractivity contribution in [2.45, 2.75) is 13.5 Å². The molecule has 62 valence electrons. The molecule has 0 aliphatic carbocycles. The number of imidazole rings is 1. The van der Waals surface area contributed by atoms with E-state index in [0.29, 0.717) is 5.95 Å². The number of aryl methyl sites for hydroxylation is 1. The molecule has 2 N–H and O–H groups in total. The van der Waals surface area contributed by atoms with Crippen LogP contribution < -0.4 is 5.73 Å². The van der Waals surface area contributed by atoms with Crippen molar-refractivity contribution in [1.82, 2.24) is 14.5 Å². The van der Waals surface area contributed by atoms with Crippen molar-refractivity contribution in [1.29, 1.82) is 0 Å². The molecule has 0 aromatic carbocycles.